The summed E-state index contributed by atoms with van der Waals surface area (Å²) in [5.41, 5.74) is 4.42. The molecule has 1 aromatic carbocycles. The van der Waals surface area contributed by atoms with Gasteiger partial charge in [0.2, 0.25) is 0 Å². The fraction of sp³-hybridized carbons (Fsp3) is 0.625. The van der Waals surface area contributed by atoms with Crippen LogP contribution < -0.4 is 11.3 Å². The van der Waals surface area contributed by atoms with Crippen LogP contribution in [-0.4, -0.2) is 6.04 Å². The van der Waals surface area contributed by atoms with Gasteiger partial charge in [-0.05, 0) is 59.0 Å². The van der Waals surface area contributed by atoms with Gasteiger partial charge in [0, 0.05) is 9.61 Å². The highest BCUT2D eigenvalue weighted by atomic mass is 127. The SMILES string of the molecule is NNC(Cc1ccc(I)cc1)CC1CCCCCC1. The lowest BCUT2D eigenvalue weighted by atomic mass is 9.90. The van der Waals surface area contributed by atoms with E-state index < -0.39 is 0 Å². The Morgan fingerprint density at radius 2 is 1.74 bits per heavy atom. The van der Waals surface area contributed by atoms with Gasteiger partial charge < -0.3 is 0 Å². The third-order valence-corrected chi connectivity index (χ3v) is 4.94. The number of halogens is 1. The van der Waals surface area contributed by atoms with Crippen LogP contribution in [-0.2, 0) is 6.42 Å². The first-order valence-corrected chi connectivity index (χ1v) is 8.56. The zero-order chi connectivity index (χ0) is 13.5. The Labute approximate surface area is 130 Å². The molecule has 1 unspecified atom stereocenters. The number of nitrogens with two attached hydrogens (primary N) is 1. The molecule has 0 saturated heterocycles. The predicted molar refractivity (Wildman–Crippen MR) is 89.8 cm³/mol. The molecule has 1 saturated carbocycles. The van der Waals surface area contributed by atoms with Crippen molar-refractivity contribution in [2.45, 2.75) is 57.4 Å². The fourth-order valence-electron chi connectivity index (χ4n) is 3.12. The van der Waals surface area contributed by atoms with E-state index in [-0.39, 0.29) is 0 Å². The second kappa shape index (κ2) is 8.22. The monoisotopic (exact) mass is 372 g/mol. The molecule has 0 spiro atoms. The molecule has 1 aliphatic rings. The lowest BCUT2D eigenvalue weighted by molar-refractivity contribution is 0.352. The van der Waals surface area contributed by atoms with E-state index >= 15 is 0 Å². The van der Waals surface area contributed by atoms with Crippen LogP contribution in [0.25, 0.3) is 0 Å². The van der Waals surface area contributed by atoms with Crippen LogP contribution >= 0.6 is 22.6 Å². The van der Waals surface area contributed by atoms with Crippen molar-refractivity contribution < 1.29 is 0 Å². The quantitative estimate of drug-likeness (QED) is 0.355. The summed E-state index contributed by atoms with van der Waals surface area (Å²) in [4.78, 5) is 0. The van der Waals surface area contributed by atoms with Crippen molar-refractivity contribution in [1.82, 2.24) is 5.43 Å². The van der Waals surface area contributed by atoms with Crippen molar-refractivity contribution >= 4 is 22.6 Å². The summed E-state index contributed by atoms with van der Waals surface area (Å²) >= 11 is 2.35. The Hall–Kier alpha value is -0.130. The van der Waals surface area contributed by atoms with Crippen molar-refractivity contribution in [3.05, 3.63) is 33.4 Å². The Morgan fingerprint density at radius 1 is 1.11 bits per heavy atom. The zero-order valence-corrected chi connectivity index (χ0v) is 13.7. The summed E-state index contributed by atoms with van der Waals surface area (Å²) in [7, 11) is 0. The molecular weight excluding hydrogens is 347 g/mol. The summed E-state index contributed by atoms with van der Waals surface area (Å²) < 4.78 is 1.29. The Kier molecular flexibility index (Phi) is 6.61. The maximum Gasteiger partial charge on any atom is 0.0253 e. The average molecular weight is 372 g/mol. The van der Waals surface area contributed by atoms with Gasteiger partial charge in [-0.1, -0.05) is 50.7 Å². The third-order valence-electron chi connectivity index (χ3n) is 4.22. The molecule has 2 rings (SSSR count). The minimum absolute atomic E-state index is 0.420. The number of hydrogen-bond donors (Lipinski definition) is 2. The van der Waals surface area contributed by atoms with Crippen LogP contribution in [0.5, 0.6) is 0 Å². The van der Waals surface area contributed by atoms with E-state index in [0.29, 0.717) is 6.04 Å². The van der Waals surface area contributed by atoms with Gasteiger partial charge in [-0.25, -0.2) is 0 Å². The minimum atomic E-state index is 0.420. The second-order valence-corrected chi connectivity index (χ2v) is 7.03. The maximum atomic E-state index is 5.76. The smallest absolute Gasteiger partial charge is 0.0253 e. The molecule has 1 fully saturated rings. The van der Waals surface area contributed by atoms with Gasteiger partial charge in [-0.3, -0.25) is 11.3 Å². The lowest BCUT2D eigenvalue weighted by Crippen LogP contribution is -2.38. The standard InChI is InChI=1S/C16H25IN2/c17-15-9-7-14(8-10-15)12-16(19-18)11-13-5-3-1-2-4-6-13/h7-10,13,16,19H,1-6,11-12,18H2. The predicted octanol–water partition coefficient (Wildman–Crippen LogP) is 4.03. The molecule has 1 atom stereocenters. The normalized spacial score (nSPS) is 19.1. The van der Waals surface area contributed by atoms with Gasteiger partial charge in [-0.2, -0.15) is 0 Å². The van der Waals surface area contributed by atoms with Crippen molar-refractivity contribution in [2.75, 3.05) is 0 Å². The van der Waals surface area contributed by atoms with Crippen LogP contribution in [0.3, 0.4) is 0 Å². The summed E-state index contributed by atoms with van der Waals surface area (Å²) in [6.45, 7) is 0. The minimum Gasteiger partial charge on any atom is -0.271 e. The van der Waals surface area contributed by atoms with Crippen LogP contribution in [0, 0.1) is 9.49 Å². The van der Waals surface area contributed by atoms with Gasteiger partial charge in [0.15, 0.2) is 0 Å². The number of rotatable bonds is 5. The average Bonchev–Trinajstić information content (AvgIpc) is 2.69. The molecular formula is C16H25IN2. The van der Waals surface area contributed by atoms with Crippen molar-refractivity contribution in [3.63, 3.8) is 0 Å². The molecule has 0 radical (unpaired) electrons. The molecule has 3 N–H and O–H groups in total. The first kappa shape index (κ1) is 15.3. The summed E-state index contributed by atoms with van der Waals surface area (Å²) in [5, 5.41) is 0. The lowest BCUT2D eigenvalue weighted by Gasteiger charge is -2.22. The molecule has 0 aliphatic heterocycles. The van der Waals surface area contributed by atoms with E-state index in [9.17, 15) is 0 Å². The first-order chi connectivity index (χ1) is 9.28. The molecule has 19 heavy (non-hydrogen) atoms. The van der Waals surface area contributed by atoms with Crippen LogP contribution in [0.2, 0.25) is 0 Å². The summed E-state index contributed by atoms with van der Waals surface area (Å²) in [6.07, 6.45) is 10.7. The van der Waals surface area contributed by atoms with E-state index in [4.69, 9.17) is 5.84 Å². The van der Waals surface area contributed by atoms with Gasteiger partial charge in [0.1, 0.15) is 0 Å². The second-order valence-electron chi connectivity index (χ2n) is 5.79. The highest BCUT2D eigenvalue weighted by Crippen LogP contribution is 2.27. The van der Waals surface area contributed by atoms with Crippen molar-refractivity contribution in [1.29, 1.82) is 0 Å². The number of hydrazine groups is 1. The van der Waals surface area contributed by atoms with Gasteiger partial charge in [0.05, 0.1) is 0 Å². The molecule has 0 heterocycles. The molecule has 106 valence electrons. The van der Waals surface area contributed by atoms with Gasteiger partial charge >= 0.3 is 0 Å². The van der Waals surface area contributed by atoms with Crippen molar-refractivity contribution in [2.24, 2.45) is 11.8 Å². The molecule has 0 amide bonds. The topological polar surface area (TPSA) is 38.0 Å². The largest absolute Gasteiger partial charge is 0.271 e. The van der Waals surface area contributed by atoms with E-state index in [2.05, 4.69) is 52.3 Å². The summed E-state index contributed by atoms with van der Waals surface area (Å²) in [5.74, 6) is 6.62. The van der Waals surface area contributed by atoms with Gasteiger partial charge in [0.25, 0.3) is 0 Å². The van der Waals surface area contributed by atoms with E-state index in [1.165, 1.54) is 54.1 Å². The maximum absolute atomic E-state index is 5.76. The highest BCUT2D eigenvalue weighted by molar-refractivity contribution is 14.1. The van der Waals surface area contributed by atoms with Gasteiger partial charge in [-0.15, -0.1) is 0 Å². The number of nitrogens with one attached hydrogen (secondary N) is 1. The summed E-state index contributed by atoms with van der Waals surface area (Å²) in [6, 6.07) is 9.21. The first-order valence-electron chi connectivity index (χ1n) is 7.48. The Morgan fingerprint density at radius 3 is 2.32 bits per heavy atom. The molecule has 1 aromatic rings. The molecule has 3 heteroatoms. The fourth-order valence-corrected chi connectivity index (χ4v) is 3.48. The van der Waals surface area contributed by atoms with Crippen LogP contribution in [0.1, 0.15) is 50.5 Å². The molecule has 0 bridgehead atoms. The van der Waals surface area contributed by atoms with E-state index in [1.807, 2.05) is 0 Å². The molecule has 2 nitrogen and oxygen atoms in total. The Balaban J connectivity index is 1.86. The molecule has 0 aromatic heterocycles. The molecule has 1 aliphatic carbocycles. The third kappa shape index (κ3) is 5.40. The number of hydrogen-bond acceptors (Lipinski definition) is 2. The number of benzene rings is 1. The van der Waals surface area contributed by atoms with Crippen LogP contribution in [0.4, 0.5) is 0 Å². The van der Waals surface area contributed by atoms with Crippen molar-refractivity contribution in [3.8, 4) is 0 Å². The van der Waals surface area contributed by atoms with Crippen LogP contribution in [0.15, 0.2) is 24.3 Å². The zero-order valence-electron chi connectivity index (χ0n) is 11.6. The Bertz CT molecular complexity index is 356. The van der Waals surface area contributed by atoms with E-state index in [0.717, 1.165) is 12.3 Å². The highest BCUT2D eigenvalue weighted by Gasteiger charge is 2.17. The van der Waals surface area contributed by atoms with E-state index in [1.54, 1.807) is 0 Å².